The number of halogens is 1. The zero-order chi connectivity index (χ0) is 12.3. The number of nitrogens with zero attached hydrogens (tertiary/aromatic N) is 3. The number of aromatic nitrogens is 3. The van der Waals surface area contributed by atoms with Gasteiger partial charge in [-0.3, -0.25) is 4.79 Å². The number of carbonyl (C=O) groups excluding carboxylic acids is 1. The molecule has 0 fully saturated rings. The molecule has 0 atom stereocenters. The molecule has 1 amide bonds. The van der Waals surface area contributed by atoms with E-state index in [2.05, 4.69) is 20.5 Å². The van der Waals surface area contributed by atoms with Crippen molar-refractivity contribution < 1.29 is 9.53 Å². The second kappa shape index (κ2) is 5.07. The summed E-state index contributed by atoms with van der Waals surface area (Å²) in [6, 6.07) is 3.36. The smallest absolute Gasteiger partial charge is 0.286 e. The molecular formula is C9H7ClN4O2S. The molecule has 0 bridgehead atoms. The van der Waals surface area contributed by atoms with Crippen molar-refractivity contribution in [1.29, 1.82) is 0 Å². The predicted molar refractivity (Wildman–Crippen MR) is 63.7 cm³/mol. The molecule has 6 nitrogen and oxygen atoms in total. The Labute approximate surface area is 106 Å². The Morgan fingerprint density at radius 3 is 3.00 bits per heavy atom. The fourth-order valence-corrected chi connectivity index (χ4v) is 1.85. The van der Waals surface area contributed by atoms with E-state index in [9.17, 15) is 4.79 Å². The quantitative estimate of drug-likeness (QED) is 0.921. The maximum absolute atomic E-state index is 11.8. The van der Waals surface area contributed by atoms with E-state index in [1.54, 1.807) is 18.3 Å². The van der Waals surface area contributed by atoms with Crippen LogP contribution in [0.5, 0.6) is 5.88 Å². The lowest BCUT2D eigenvalue weighted by molar-refractivity contribution is 0.102. The van der Waals surface area contributed by atoms with Crippen molar-refractivity contribution in [3.8, 4) is 5.88 Å². The van der Waals surface area contributed by atoms with Gasteiger partial charge in [0.25, 0.3) is 5.91 Å². The van der Waals surface area contributed by atoms with Gasteiger partial charge in [-0.15, -0.1) is 10.2 Å². The fourth-order valence-electron chi connectivity index (χ4n) is 1.12. The van der Waals surface area contributed by atoms with Crippen LogP contribution < -0.4 is 10.1 Å². The minimum atomic E-state index is -0.402. The van der Waals surface area contributed by atoms with Gasteiger partial charge in [0.05, 0.1) is 7.11 Å². The van der Waals surface area contributed by atoms with Crippen molar-refractivity contribution in [3.05, 3.63) is 27.8 Å². The molecule has 0 saturated heterocycles. The molecule has 0 radical (unpaired) electrons. The van der Waals surface area contributed by atoms with Gasteiger partial charge in [-0.25, -0.2) is 4.98 Å². The Morgan fingerprint density at radius 1 is 1.53 bits per heavy atom. The summed E-state index contributed by atoms with van der Waals surface area (Å²) in [7, 11) is 1.47. The molecule has 88 valence electrons. The van der Waals surface area contributed by atoms with Crippen molar-refractivity contribution >= 4 is 34.5 Å². The summed E-state index contributed by atoms with van der Waals surface area (Å²) in [5.74, 6) is -0.0721. The van der Waals surface area contributed by atoms with Crippen LogP contribution in [0, 0.1) is 0 Å². The first-order valence-corrected chi connectivity index (χ1v) is 5.69. The molecule has 0 aromatic carbocycles. The number of hydrogen-bond donors (Lipinski definition) is 1. The molecular weight excluding hydrogens is 264 g/mol. The van der Waals surface area contributed by atoms with Gasteiger partial charge in [0, 0.05) is 6.20 Å². The van der Waals surface area contributed by atoms with Crippen molar-refractivity contribution in [3.63, 3.8) is 0 Å². The van der Waals surface area contributed by atoms with Gasteiger partial charge in [0.1, 0.15) is 5.69 Å². The van der Waals surface area contributed by atoms with Gasteiger partial charge in [0.15, 0.2) is 0 Å². The minimum Gasteiger partial charge on any atom is -0.480 e. The summed E-state index contributed by atoms with van der Waals surface area (Å²) in [5.41, 5.74) is 0.464. The summed E-state index contributed by atoms with van der Waals surface area (Å²) >= 11 is 6.59. The van der Waals surface area contributed by atoms with E-state index in [-0.39, 0.29) is 9.47 Å². The number of carbonyl (C=O) groups is 1. The lowest BCUT2D eigenvalue weighted by atomic mass is 10.4. The number of rotatable bonds is 3. The number of methoxy groups -OCH3 is 1. The molecule has 0 spiro atoms. The monoisotopic (exact) mass is 270 g/mol. The van der Waals surface area contributed by atoms with Gasteiger partial charge in [-0.1, -0.05) is 11.3 Å². The zero-order valence-electron chi connectivity index (χ0n) is 8.68. The van der Waals surface area contributed by atoms with Gasteiger partial charge >= 0.3 is 0 Å². The highest BCUT2D eigenvalue weighted by atomic mass is 35.5. The van der Waals surface area contributed by atoms with Gasteiger partial charge < -0.3 is 10.1 Å². The third-order valence-electron chi connectivity index (χ3n) is 1.81. The van der Waals surface area contributed by atoms with Crippen LogP contribution in [0.25, 0.3) is 0 Å². The predicted octanol–water partition coefficient (Wildman–Crippen LogP) is 1.85. The average Bonchev–Trinajstić information content (AvgIpc) is 2.77. The molecule has 8 heteroatoms. The Balaban J connectivity index is 2.18. The van der Waals surface area contributed by atoms with Crippen LogP contribution in [0.1, 0.15) is 9.80 Å². The number of nitrogens with one attached hydrogen (secondary N) is 1. The highest BCUT2D eigenvalue weighted by molar-refractivity contribution is 7.17. The zero-order valence-corrected chi connectivity index (χ0v) is 10.2. The largest absolute Gasteiger partial charge is 0.480 e. The van der Waals surface area contributed by atoms with Gasteiger partial charge in [0.2, 0.25) is 15.4 Å². The van der Waals surface area contributed by atoms with Crippen molar-refractivity contribution in [2.24, 2.45) is 0 Å². The van der Waals surface area contributed by atoms with Crippen LogP contribution in [0.4, 0.5) is 5.69 Å². The van der Waals surface area contributed by atoms with Crippen LogP contribution in [0.3, 0.4) is 0 Å². The molecule has 2 heterocycles. The van der Waals surface area contributed by atoms with Gasteiger partial charge in [-0.2, -0.15) is 0 Å². The maximum atomic E-state index is 11.8. The standard InChI is InChI=1S/C9H7ClN4O2S/c1-16-7-5(3-2-4-11-7)12-6(15)8-13-14-9(10)17-8/h2-4H,1H3,(H,12,15). The molecule has 2 aromatic rings. The second-order valence-corrected chi connectivity index (χ2v) is 4.43. The van der Waals surface area contributed by atoms with E-state index < -0.39 is 5.91 Å². The lowest BCUT2D eigenvalue weighted by Gasteiger charge is -2.06. The first kappa shape index (κ1) is 11.7. The highest BCUT2D eigenvalue weighted by Crippen LogP contribution is 2.22. The summed E-state index contributed by atoms with van der Waals surface area (Å²) in [6.45, 7) is 0. The molecule has 1 N–H and O–H groups in total. The fraction of sp³-hybridized carbons (Fsp3) is 0.111. The van der Waals surface area contributed by atoms with Crippen LogP contribution in [-0.2, 0) is 0 Å². The first-order chi connectivity index (χ1) is 8.20. The van der Waals surface area contributed by atoms with Crippen LogP contribution >= 0.6 is 22.9 Å². The van der Waals surface area contributed by atoms with Crippen LogP contribution in [-0.4, -0.2) is 28.2 Å². The topological polar surface area (TPSA) is 77.0 Å². The summed E-state index contributed by atoms with van der Waals surface area (Å²) in [6.07, 6.45) is 1.57. The molecule has 2 rings (SSSR count). The third-order valence-corrected chi connectivity index (χ3v) is 2.82. The van der Waals surface area contributed by atoms with E-state index in [0.717, 1.165) is 11.3 Å². The molecule has 0 aliphatic heterocycles. The third kappa shape index (κ3) is 2.69. The lowest BCUT2D eigenvalue weighted by Crippen LogP contribution is -2.12. The summed E-state index contributed by atoms with van der Waals surface area (Å²) in [5, 5.41) is 9.97. The molecule has 0 saturated carbocycles. The Bertz CT molecular complexity index is 545. The van der Waals surface area contributed by atoms with E-state index in [4.69, 9.17) is 16.3 Å². The van der Waals surface area contributed by atoms with Crippen molar-refractivity contribution in [1.82, 2.24) is 15.2 Å². The van der Waals surface area contributed by atoms with E-state index >= 15 is 0 Å². The average molecular weight is 271 g/mol. The summed E-state index contributed by atoms with van der Waals surface area (Å²) < 4.78 is 5.22. The van der Waals surface area contributed by atoms with Crippen LogP contribution in [0.2, 0.25) is 4.47 Å². The normalized spacial score (nSPS) is 10.0. The Kier molecular flexibility index (Phi) is 3.50. The SMILES string of the molecule is COc1ncccc1NC(=O)c1nnc(Cl)s1. The van der Waals surface area contributed by atoms with Crippen LogP contribution in [0.15, 0.2) is 18.3 Å². The first-order valence-electron chi connectivity index (χ1n) is 4.50. The number of amides is 1. The highest BCUT2D eigenvalue weighted by Gasteiger charge is 2.14. The second-order valence-electron chi connectivity index (χ2n) is 2.87. The number of ether oxygens (including phenoxy) is 1. The summed E-state index contributed by atoms with van der Waals surface area (Å²) in [4.78, 5) is 15.7. The number of pyridine rings is 1. The van der Waals surface area contributed by atoms with Gasteiger partial charge in [-0.05, 0) is 23.7 Å². The van der Waals surface area contributed by atoms with Crippen molar-refractivity contribution in [2.45, 2.75) is 0 Å². The molecule has 0 unspecified atom stereocenters. The number of hydrogen-bond acceptors (Lipinski definition) is 6. The molecule has 0 aliphatic rings. The van der Waals surface area contributed by atoms with E-state index in [1.807, 2.05) is 0 Å². The van der Waals surface area contributed by atoms with E-state index in [1.165, 1.54) is 7.11 Å². The molecule has 17 heavy (non-hydrogen) atoms. The van der Waals surface area contributed by atoms with Crippen molar-refractivity contribution in [2.75, 3.05) is 12.4 Å². The minimum absolute atomic E-state index is 0.181. The number of anilines is 1. The molecule has 0 aliphatic carbocycles. The maximum Gasteiger partial charge on any atom is 0.286 e. The Hall–Kier alpha value is -1.73. The van der Waals surface area contributed by atoms with E-state index in [0.29, 0.717) is 11.6 Å². The Morgan fingerprint density at radius 2 is 2.35 bits per heavy atom. The molecule has 2 aromatic heterocycles.